The van der Waals surface area contributed by atoms with E-state index in [0.717, 1.165) is 0 Å². The SMILES string of the molecule is NC(CO)C(O)(P(=O)(O)O)P(=O)(O)O. The first-order chi connectivity index (χ1) is 5.98. The van der Waals surface area contributed by atoms with Gasteiger partial charge in [-0.1, -0.05) is 0 Å². The van der Waals surface area contributed by atoms with Crippen molar-refractivity contribution in [1.82, 2.24) is 0 Å². The molecule has 8 N–H and O–H groups in total. The summed E-state index contributed by atoms with van der Waals surface area (Å²) in [6, 6.07) is -2.15. The van der Waals surface area contributed by atoms with Gasteiger partial charge in [0.15, 0.2) is 0 Å². The summed E-state index contributed by atoms with van der Waals surface area (Å²) in [5.41, 5.74) is 4.84. The quantitative estimate of drug-likeness (QED) is 0.261. The zero-order valence-corrected chi connectivity index (χ0v) is 8.54. The van der Waals surface area contributed by atoms with E-state index in [2.05, 4.69) is 0 Å². The number of hydrogen-bond acceptors (Lipinski definition) is 5. The largest absolute Gasteiger partial charge is 0.395 e. The smallest absolute Gasteiger partial charge is 0.371 e. The highest BCUT2D eigenvalue weighted by Gasteiger charge is 2.63. The maximum Gasteiger partial charge on any atom is 0.371 e. The van der Waals surface area contributed by atoms with Gasteiger partial charge in [-0.05, 0) is 0 Å². The third-order valence-corrected chi connectivity index (χ3v) is 5.49. The van der Waals surface area contributed by atoms with Crippen LogP contribution < -0.4 is 5.73 Å². The summed E-state index contributed by atoms with van der Waals surface area (Å²) >= 11 is 0. The van der Waals surface area contributed by atoms with Crippen molar-refractivity contribution in [2.45, 2.75) is 11.1 Å². The van der Waals surface area contributed by atoms with E-state index in [-0.39, 0.29) is 0 Å². The van der Waals surface area contributed by atoms with Crippen molar-refractivity contribution >= 4 is 15.2 Å². The molecule has 0 amide bonds. The molecule has 0 bridgehead atoms. The van der Waals surface area contributed by atoms with E-state index >= 15 is 0 Å². The Morgan fingerprint density at radius 2 is 1.43 bits per heavy atom. The van der Waals surface area contributed by atoms with E-state index in [1.807, 2.05) is 0 Å². The second kappa shape index (κ2) is 3.97. The third-order valence-electron chi connectivity index (χ3n) is 1.55. The molecule has 1 unspecified atom stereocenters. The summed E-state index contributed by atoms with van der Waals surface area (Å²) in [6.45, 7) is -1.19. The molecule has 0 rings (SSSR count). The number of aliphatic hydroxyl groups is 2. The molecule has 0 aromatic heterocycles. The highest BCUT2D eigenvalue weighted by Crippen LogP contribution is 2.68. The van der Waals surface area contributed by atoms with Gasteiger partial charge in [0.1, 0.15) is 0 Å². The molecule has 0 aliphatic heterocycles. The summed E-state index contributed by atoms with van der Waals surface area (Å²) in [5.74, 6) is 0. The number of aliphatic hydroxyl groups excluding tert-OH is 1. The van der Waals surface area contributed by atoms with Crippen LogP contribution in [-0.2, 0) is 9.13 Å². The summed E-state index contributed by atoms with van der Waals surface area (Å²) in [6.07, 6.45) is 0. The van der Waals surface area contributed by atoms with E-state index in [4.69, 9.17) is 35.5 Å². The number of hydrogen-bond donors (Lipinski definition) is 7. The minimum atomic E-state index is -5.57. The van der Waals surface area contributed by atoms with Crippen LogP contribution in [0.25, 0.3) is 0 Å². The molecule has 86 valence electrons. The lowest BCUT2D eigenvalue weighted by molar-refractivity contribution is 0.0828. The van der Waals surface area contributed by atoms with Crippen LogP contribution in [0, 0.1) is 0 Å². The number of nitrogens with two attached hydrogens (primary N) is 1. The van der Waals surface area contributed by atoms with Gasteiger partial charge < -0.3 is 35.5 Å². The first kappa shape index (κ1) is 14.2. The van der Waals surface area contributed by atoms with Crippen LogP contribution in [0.2, 0.25) is 0 Å². The highest BCUT2D eigenvalue weighted by atomic mass is 31.2. The average molecular weight is 251 g/mol. The van der Waals surface area contributed by atoms with Crippen molar-refractivity contribution in [2.24, 2.45) is 5.73 Å². The molecular formula is C3H11NO8P2. The van der Waals surface area contributed by atoms with Gasteiger partial charge in [-0.3, -0.25) is 9.13 Å². The lowest BCUT2D eigenvalue weighted by atomic mass is 10.3. The zero-order valence-electron chi connectivity index (χ0n) is 6.76. The molecule has 0 aromatic rings. The Balaban J connectivity index is 5.53. The van der Waals surface area contributed by atoms with Crippen molar-refractivity contribution in [3.8, 4) is 0 Å². The molecule has 14 heavy (non-hydrogen) atoms. The van der Waals surface area contributed by atoms with E-state index in [1.165, 1.54) is 0 Å². The van der Waals surface area contributed by atoms with Crippen LogP contribution in [-0.4, -0.2) is 47.5 Å². The maximum absolute atomic E-state index is 10.7. The molecule has 0 fully saturated rings. The Morgan fingerprint density at radius 3 is 1.50 bits per heavy atom. The molecule has 0 spiro atoms. The van der Waals surface area contributed by atoms with Crippen LogP contribution in [0.3, 0.4) is 0 Å². The predicted octanol–water partition coefficient (Wildman–Crippen LogP) is -2.69. The molecule has 11 heteroatoms. The average Bonchev–Trinajstić information content (AvgIpc) is 1.97. The molecule has 0 radical (unpaired) electrons. The van der Waals surface area contributed by atoms with Gasteiger partial charge in [-0.2, -0.15) is 0 Å². The second-order valence-electron chi connectivity index (χ2n) is 2.56. The minimum Gasteiger partial charge on any atom is -0.395 e. The van der Waals surface area contributed by atoms with Gasteiger partial charge in [0.05, 0.1) is 12.6 Å². The minimum absolute atomic E-state index is 1.19. The fourth-order valence-corrected chi connectivity index (χ4v) is 3.11. The Hall–Kier alpha value is 0.180. The molecule has 0 aliphatic carbocycles. The summed E-state index contributed by atoms with van der Waals surface area (Å²) in [4.78, 5) is 34.2. The lowest BCUT2D eigenvalue weighted by Crippen LogP contribution is -2.49. The number of rotatable bonds is 4. The molecule has 0 aliphatic rings. The van der Waals surface area contributed by atoms with E-state index in [9.17, 15) is 9.13 Å². The van der Waals surface area contributed by atoms with Gasteiger partial charge in [-0.15, -0.1) is 0 Å². The molecule has 0 heterocycles. The van der Waals surface area contributed by atoms with Gasteiger partial charge in [0.25, 0.3) is 5.08 Å². The van der Waals surface area contributed by atoms with Crippen molar-refractivity contribution in [3.63, 3.8) is 0 Å². The molecular weight excluding hydrogens is 240 g/mol. The topological polar surface area (TPSA) is 182 Å². The first-order valence-corrected chi connectivity index (χ1v) is 6.41. The fraction of sp³-hybridized carbons (Fsp3) is 1.00. The lowest BCUT2D eigenvalue weighted by Gasteiger charge is -2.32. The van der Waals surface area contributed by atoms with Crippen molar-refractivity contribution in [1.29, 1.82) is 0 Å². The molecule has 9 nitrogen and oxygen atoms in total. The van der Waals surface area contributed by atoms with Crippen molar-refractivity contribution in [3.05, 3.63) is 0 Å². The summed E-state index contributed by atoms with van der Waals surface area (Å²) in [5, 5.41) is 13.8. The van der Waals surface area contributed by atoms with Gasteiger partial charge >= 0.3 is 15.2 Å². The Kier molecular flexibility index (Phi) is 4.03. The summed E-state index contributed by atoms with van der Waals surface area (Å²) in [7, 11) is -11.1. The van der Waals surface area contributed by atoms with Gasteiger partial charge in [0, 0.05) is 0 Å². The van der Waals surface area contributed by atoms with E-state index in [0.29, 0.717) is 0 Å². The van der Waals surface area contributed by atoms with Crippen LogP contribution in [0.15, 0.2) is 0 Å². The fourth-order valence-electron chi connectivity index (χ4n) is 0.724. The molecule has 0 aromatic carbocycles. The van der Waals surface area contributed by atoms with E-state index < -0.39 is 32.9 Å². The van der Waals surface area contributed by atoms with Crippen LogP contribution >= 0.6 is 15.2 Å². The highest BCUT2D eigenvalue weighted by molar-refractivity contribution is 7.72. The van der Waals surface area contributed by atoms with Crippen LogP contribution in [0.1, 0.15) is 0 Å². The standard InChI is InChI=1S/C3H11NO8P2/c4-2(1-5)3(6,13(7,8)9)14(10,11)12/h2,5-6H,1,4H2,(H2,7,8,9)(H2,10,11,12). The van der Waals surface area contributed by atoms with Gasteiger partial charge in [0.2, 0.25) is 0 Å². The normalized spacial score (nSPS) is 16.8. The van der Waals surface area contributed by atoms with Crippen molar-refractivity contribution < 1.29 is 38.9 Å². The third kappa shape index (κ3) is 2.22. The molecule has 1 atom stereocenters. The summed E-state index contributed by atoms with van der Waals surface area (Å²) < 4.78 is 21.3. The zero-order chi connectivity index (χ0) is 11.8. The monoisotopic (exact) mass is 251 g/mol. The molecule has 0 saturated heterocycles. The first-order valence-electron chi connectivity index (χ1n) is 3.18. The Bertz CT molecular complexity index is 269. The van der Waals surface area contributed by atoms with Crippen LogP contribution in [0.4, 0.5) is 0 Å². The van der Waals surface area contributed by atoms with Crippen LogP contribution in [0.5, 0.6) is 0 Å². The Morgan fingerprint density at radius 1 is 1.14 bits per heavy atom. The Labute approximate surface area is 78.5 Å². The second-order valence-corrected chi connectivity index (χ2v) is 6.46. The van der Waals surface area contributed by atoms with Crippen molar-refractivity contribution in [2.75, 3.05) is 6.61 Å². The molecule has 0 saturated carbocycles. The van der Waals surface area contributed by atoms with E-state index in [1.54, 1.807) is 0 Å². The maximum atomic E-state index is 10.7. The van der Waals surface area contributed by atoms with Gasteiger partial charge in [-0.25, -0.2) is 0 Å². The predicted molar refractivity (Wildman–Crippen MR) is 44.1 cm³/mol.